The molecule has 7 heterocycles. The number of rotatable bonds is 23. The van der Waals surface area contributed by atoms with Gasteiger partial charge in [-0.2, -0.15) is 5.26 Å². The molecule has 663 valence electrons. The van der Waals surface area contributed by atoms with Crippen LogP contribution in [0.5, 0.6) is 0 Å². The van der Waals surface area contributed by atoms with Gasteiger partial charge < -0.3 is 46.0 Å². The van der Waals surface area contributed by atoms with Gasteiger partial charge in [0.15, 0.2) is 14.9 Å². The van der Waals surface area contributed by atoms with Crippen molar-refractivity contribution < 1.29 is 66.7 Å². The Hall–Kier alpha value is -11.1. The SMILES string of the molecule is C1CCOC1.CC(C)(C)OC(=O)c1cccc(CNC(=O)Cc2nc(-c3ccccc3)cs2)c1.CC(C)CCON=O.CCO.Clc1nc(-c2ccccc2)cs1.N#CCc1nc(-c2ccccc2)cs1.Nc1nc(-c2ccccc2)cs1.O=C(Cc1nc(-c2ccccc2)cs1)NCc1cccc(C(=O)O)c1.O=C(O)Cc1nc(-c2ccccc2)cs1.[Cl][Cu][Cl]. The molecular formula is C93H96Cl3CuN11O12S6. The van der Waals surface area contributed by atoms with Gasteiger partial charge in [-0.25, -0.2) is 39.5 Å². The number of nitriles is 1. The van der Waals surface area contributed by atoms with Gasteiger partial charge in [-0.1, -0.05) is 232 Å². The number of benzene rings is 8. The molecule has 0 aliphatic carbocycles. The molecule has 2 amide bonds. The second-order valence-corrected chi connectivity index (χ2v) is 35.2. The fraction of sp³-hybridized carbons (Fsp3) is 0.226. The number of nitrogen functional groups attached to an aromatic ring is 1. The zero-order valence-corrected chi connectivity index (χ0v) is 77.8. The standard InChI is InChI=1S/C23H24N2O3S.C19H16N2O3S.C11H8N2S.C11H9NO2S.C9H6ClNS.C9H8N2S.C5H11NO2.C4H8O.C2H6O.2ClH.Cu/c1-23(2,3)28-22(27)18-11-7-8-16(12-18)14-24-20(26)13-21-25-19(15-29-21)17-9-5-4-6-10-17;22-17(20-11-13-5-4-8-15(9-13)19(23)24)10-18-21-16(12-25-18)14-6-2-1-3-7-14;12-7-6-11-13-10(8-14-11)9-4-2-1-3-5-9;13-11(14)6-10-12-9(7-15-10)8-4-2-1-3-5-8;2*10-9-11-8(6-12-9)7-4-2-1-3-5-7;1-5(2)3-4-8-6-7;1-2-4-5-3-1;1-2-3;;;/h4-12,15H,13-14H2,1-3H3,(H,24,26);1-9,12H,10-11H2,(H,20,22)(H,23,24);1-5,8H,6H2;1-5,7H,6H2,(H,13,14);1-6H;1-6H,(H2,10,11);5H,3-4H2,1-2H3;1-4H2;3H,2H2,1H3;2*1H;/q;;;;;;;;;;;+2/p-2. The summed E-state index contributed by atoms with van der Waals surface area (Å²) in [6.45, 7) is 14.6. The van der Waals surface area contributed by atoms with Crippen molar-refractivity contribution in [2.45, 2.75) is 105 Å². The summed E-state index contributed by atoms with van der Waals surface area (Å²) in [6, 6.07) is 75.1. The van der Waals surface area contributed by atoms with Crippen molar-refractivity contribution in [1.29, 1.82) is 5.26 Å². The Morgan fingerprint density at radius 1 is 0.524 bits per heavy atom. The molecule has 0 unspecified atom stereocenters. The number of hydrogen-bond acceptors (Lipinski definition) is 25. The number of thiazole rings is 6. The zero-order chi connectivity index (χ0) is 91.1. The monoisotopic (exact) mass is 1920 g/mol. The van der Waals surface area contributed by atoms with Crippen LogP contribution in [0.2, 0.25) is 4.47 Å². The number of nitrogens with two attached hydrogens (primary N) is 1. The summed E-state index contributed by atoms with van der Waals surface area (Å²) in [5.74, 6) is -1.87. The molecule has 14 aromatic rings. The van der Waals surface area contributed by atoms with E-state index in [2.05, 4.69) is 90.8 Å². The number of aliphatic carboxylic acids is 1. The van der Waals surface area contributed by atoms with E-state index >= 15 is 0 Å². The Morgan fingerprint density at radius 3 is 1.18 bits per heavy atom. The molecule has 8 aromatic carbocycles. The van der Waals surface area contributed by atoms with Crippen molar-refractivity contribution in [1.82, 2.24) is 40.5 Å². The number of aliphatic hydroxyl groups is 1. The first-order valence-corrected chi connectivity index (χ1v) is 47.3. The number of aromatic nitrogens is 6. The molecule has 0 radical (unpaired) electrons. The minimum absolute atomic E-state index is 0.00248. The van der Waals surface area contributed by atoms with E-state index in [9.17, 15) is 28.9 Å². The van der Waals surface area contributed by atoms with Crippen LogP contribution in [0.3, 0.4) is 0 Å². The molecule has 1 fully saturated rings. The molecule has 1 aliphatic heterocycles. The quantitative estimate of drug-likeness (QED) is 0.0114. The van der Waals surface area contributed by atoms with Crippen LogP contribution in [-0.2, 0) is 80.6 Å². The first-order chi connectivity index (χ1) is 60.9. The van der Waals surface area contributed by atoms with E-state index in [1.54, 1.807) is 43.3 Å². The van der Waals surface area contributed by atoms with Crippen LogP contribution in [-0.4, -0.2) is 107 Å². The fourth-order valence-electron chi connectivity index (χ4n) is 10.4. The normalized spacial score (nSPS) is 10.7. The first kappa shape index (κ1) is 104. The average molecular weight is 1920 g/mol. The van der Waals surface area contributed by atoms with Gasteiger partial charge in [-0.05, 0) is 88.3 Å². The van der Waals surface area contributed by atoms with E-state index in [1.165, 1.54) is 86.9 Å². The molecule has 0 atom stereocenters. The number of ether oxygens (including phenoxy) is 2. The Bertz CT molecular complexity index is 5420. The van der Waals surface area contributed by atoms with Gasteiger partial charge in [0.25, 0.3) is 0 Å². The Morgan fingerprint density at radius 2 is 0.865 bits per heavy atom. The van der Waals surface area contributed by atoms with Gasteiger partial charge in [0.1, 0.15) is 32.2 Å². The summed E-state index contributed by atoms with van der Waals surface area (Å²) in [5.41, 5.74) is 19.1. The van der Waals surface area contributed by atoms with Gasteiger partial charge in [-0.3, -0.25) is 14.4 Å². The fourth-order valence-corrected chi connectivity index (χ4v) is 14.8. The molecule has 23 nitrogen and oxygen atoms in total. The third kappa shape index (κ3) is 42.3. The molecule has 0 bridgehead atoms. The number of hydrogen-bond donors (Lipinski definition) is 6. The van der Waals surface area contributed by atoms with Crippen molar-refractivity contribution >= 4 is 135 Å². The van der Waals surface area contributed by atoms with Crippen LogP contribution >= 0.6 is 99.8 Å². The molecular weight excluding hydrogens is 1830 g/mol. The molecule has 33 heteroatoms. The van der Waals surface area contributed by atoms with E-state index in [0.717, 1.165) is 126 Å². The molecule has 0 spiro atoms. The molecule has 6 aromatic heterocycles. The number of nitrogens with one attached hydrogen (secondary N) is 2. The predicted molar refractivity (Wildman–Crippen MR) is 507 cm³/mol. The molecule has 1 aliphatic rings. The van der Waals surface area contributed by atoms with Crippen molar-refractivity contribution in [3.8, 4) is 73.6 Å². The van der Waals surface area contributed by atoms with Crippen molar-refractivity contribution in [2.24, 2.45) is 11.3 Å². The summed E-state index contributed by atoms with van der Waals surface area (Å²) in [7, 11) is 9.34. The van der Waals surface area contributed by atoms with Gasteiger partial charge >= 0.3 is 51.2 Å². The molecule has 15 rings (SSSR count). The number of aromatic carboxylic acids is 1. The van der Waals surface area contributed by atoms with E-state index in [-0.39, 0.29) is 55.8 Å². The number of esters is 1. The van der Waals surface area contributed by atoms with Gasteiger partial charge in [0.05, 0.1) is 77.0 Å². The summed E-state index contributed by atoms with van der Waals surface area (Å²) >= 11 is 15.2. The molecule has 0 saturated carbocycles. The number of carboxylic acids is 2. The van der Waals surface area contributed by atoms with Crippen LogP contribution < -0.4 is 16.4 Å². The topological polar surface area (TPSA) is 354 Å². The Balaban J connectivity index is 0.000000229. The number of nitrogens with zero attached hydrogens (tertiary/aromatic N) is 8. The third-order valence-corrected chi connectivity index (χ3v) is 21.2. The maximum absolute atomic E-state index is 12.3. The van der Waals surface area contributed by atoms with Crippen LogP contribution in [0.1, 0.15) is 113 Å². The Kier molecular flexibility index (Phi) is 49.1. The molecule has 126 heavy (non-hydrogen) atoms. The van der Waals surface area contributed by atoms with Crippen molar-refractivity contribution in [2.75, 3.05) is 32.2 Å². The van der Waals surface area contributed by atoms with Gasteiger partial charge in [0.2, 0.25) is 11.8 Å². The van der Waals surface area contributed by atoms with Crippen LogP contribution in [0, 0.1) is 22.2 Å². The Labute approximate surface area is 777 Å². The first-order valence-electron chi connectivity index (χ1n) is 39.0. The van der Waals surface area contributed by atoms with E-state index in [4.69, 9.17) is 47.4 Å². The summed E-state index contributed by atoms with van der Waals surface area (Å²) in [5, 5.41) is 57.0. The van der Waals surface area contributed by atoms with E-state index in [1.807, 2.05) is 241 Å². The van der Waals surface area contributed by atoms with Gasteiger partial charge in [-0.15, -0.1) is 72.9 Å². The number of aliphatic hydroxyl groups excluding tert-OH is 1. The molecule has 1 saturated heterocycles. The van der Waals surface area contributed by atoms with Crippen molar-refractivity contribution in [3.05, 3.63) is 314 Å². The number of carbonyl (C=O) groups excluding carboxylic acids is 3. The van der Waals surface area contributed by atoms with Crippen molar-refractivity contribution in [3.63, 3.8) is 0 Å². The molecule has 7 N–H and O–H groups in total. The zero-order valence-electron chi connectivity index (χ0n) is 69.7. The number of amides is 2. The summed E-state index contributed by atoms with van der Waals surface area (Å²) < 4.78 is 10.9. The van der Waals surface area contributed by atoms with E-state index < -0.39 is 17.5 Å². The number of anilines is 1. The summed E-state index contributed by atoms with van der Waals surface area (Å²) in [6.07, 6.45) is 4.28. The second-order valence-electron chi connectivity index (χ2n) is 27.5. The summed E-state index contributed by atoms with van der Waals surface area (Å²) in [4.78, 5) is 97.6. The number of carboxylic acid groups (broad SMARTS) is 2. The minimum atomic E-state index is -0.982. The average Bonchev–Trinajstić information content (AvgIpc) is 1.24. The van der Waals surface area contributed by atoms with Crippen LogP contribution in [0.15, 0.2) is 268 Å². The second kappa shape index (κ2) is 59.7. The maximum atomic E-state index is 12.3. The van der Waals surface area contributed by atoms with E-state index in [0.29, 0.717) is 45.7 Å². The number of carbonyl (C=O) groups is 5. The van der Waals surface area contributed by atoms with Crippen LogP contribution in [0.4, 0.5) is 5.13 Å². The van der Waals surface area contributed by atoms with Gasteiger partial charge in [0, 0.05) is 98.6 Å². The third-order valence-electron chi connectivity index (χ3n) is 16.2. The predicted octanol–water partition coefficient (Wildman–Crippen LogP) is 23.1. The number of halogens is 3. The van der Waals surface area contributed by atoms with Crippen LogP contribution in [0.25, 0.3) is 67.5 Å².